The first-order valence-electron chi connectivity index (χ1n) is 23.8. The second-order valence-corrected chi connectivity index (χ2v) is 16.7. The van der Waals surface area contributed by atoms with Crippen molar-refractivity contribution in [3.8, 4) is 0 Å². The molecule has 10 nitrogen and oxygen atoms in total. The fourth-order valence-corrected chi connectivity index (χ4v) is 7.37. The molecule has 0 bridgehead atoms. The fourth-order valence-electron chi connectivity index (χ4n) is 7.37. The molecule has 0 spiro atoms. The van der Waals surface area contributed by atoms with E-state index in [-0.39, 0.29) is 6.61 Å². The minimum atomic E-state index is -1.62. The van der Waals surface area contributed by atoms with Crippen LogP contribution in [0.2, 0.25) is 0 Å². The Bertz CT molecular complexity index is 1020. The molecule has 0 saturated carbocycles. The molecule has 1 rings (SSSR count). The molecule has 0 radical (unpaired) electrons. The van der Waals surface area contributed by atoms with Gasteiger partial charge in [0, 0.05) is 0 Å². The molecule has 10 heteroatoms. The number of amides is 1. The van der Waals surface area contributed by atoms with Gasteiger partial charge in [-0.15, -0.1) is 0 Å². The van der Waals surface area contributed by atoms with E-state index in [9.17, 15) is 35.4 Å². The highest BCUT2D eigenvalue weighted by Crippen LogP contribution is 2.23. The van der Waals surface area contributed by atoms with Gasteiger partial charge >= 0.3 is 0 Å². The lowest BCUT2D eigenvalue weighted by Gasteiger charge is -2.40. The second-order valence-electron chi connectivity index (χ2n) is 16.7. The largest absolute Gasteiger partial charge is 0.394 e. The van der Waals surface area contributed by atoms with Gasteiger partial charge in [-0.2, -0.15) is 0 Å². The van der Waals surface area contributed by atoms with Crippen LogP contribution in [0, 0.1) is 0 Å². The van der Waals surface area contributed by atoms with Crippen LogP contribution in [-0.2, 0) is 14.3 Å². The van der Waals surface area contributed by atoms with Crippen LogP contribution in [0.1, 0.15) is 200 Å². The number of hydrogen-bond acceptors (Lipinski definition) is 9. The molecule has 0 aliphatic carbocycles. The molecular weight excluding hydrogens is 735 g/mol. The van der Waals surface area contributed by atoms with Crippen molar-refractivity contribution in [3.63, 3.8) is 0 Å². The summed E-state index contributed by atoms with van der Waals surface area (Å²) in [6, 6.07) is -1.000. The summed E-state index contributed by atoms with van der Waals surface area (Å²) in [6.45, 7) is 3.56. The smallest absolute Gasteiger partial charge is 0.249 e. The molecule has 340 valence electrons. The summed E-state index contributed by atoms with van der Waals surface area (Å²) < 4.78 is 11.1. The van der Waals surface area contributed by atoms with E-state index in [1.807, 2.05) is 6.08 Å². The van der Waals surface area contributed by atoms with Crippen molar-refractivity contribution in [3.05, 3.63) is 36.5 Å². The Balaban J connectivity index is 2.40. The Morgan fingerprint density at radius 3 is 1.50 bits per heavy atom. The summed E-state index contributed by atoms with van der Waals surface area (Å²) in [4.78, 5) is 13.0. The van der Waals surface area contributed by atoms with Crippen LogP contribution in [0.15, 0.2) is 36.5 Å². The number of unbranched alkanes of at least 4 members (excludes halogenated alkanes) is 24. The van der Waals surface area contributed by atoms with Crippen molar-refractivity contribution in [2.45, 2.75) is 249 Å². The van der Waals surface area contributed by atoms with E-state index < -0.39 is 61.5 Å². The normalized spacial score (nSPS) is 21.7. The highest BCUT2D eigenvalue weighted by molar-refractivity contribution is 5.80. The lowest BCUT2D eigenvalue weighted by atomic mass is 9.99. The molecule has 1 aliphatic heterocycles. The van der Waals surface area contributed by atoms with Crippen LogP contribution < -0.4 is 5.32 Å². The number of allylic oxidation sites excluding steroid dienone is 5. The SMILES string of the molecule is CCCCCC/C=C/CC/C=C/CC/C=C/C(O)C(COC1OC(CO)C(O)C(O)C1O)NC(=O)C(O)CCCCCCCCCCCCCCCCCCCCC. The second kappa shape index (κ2) is 38.3. The summed E-state index contributed by atoms with van der Waals surface area (Å²) >= 11 is 0. The van der Waals surface area contributed by atoms with Gasteiger partial charge in [-0.3, -0.25) is 4.79 Å². The van der Waals surface area contributed by atoms with Crippen LogP contribution >= 0.6 is 0 Å². The minimum Gasteiger partial charge on any atom is -0.394 e. The van der Waals surface area contributed by atoms with E-state index in [2.05, 4.69) is 43.5 Å². The number of carbonyl (C=O) groups is 1. The quantitative estimate of drug-likeness (QED) is 0.0236. The zero-order valence-electron chi connectivity index (χ0n) is 36.9. The van der Waals surface area contributed by atoms with Gasteiger partial charge in [-0.1, -0.05) is 192 Å². The highest BCUT2D eigenvalue weighted by Gasteiger charge is 2.44. The average molecular weight is 824 g/mol. The molecule has 0 aromatic heterocycles. The average Bonchev–Trinajstić information content (AvgIpc) is 3.22. The van der Waals surface area contributed by atoms with Crippen LogP contribution in [0.4, 0.5) is 0 Å². The molecule has 1 heterocycles. The first-order chi connectivity index (χ1) is 28.3. The van der Waals surface area contributed by atoms with Crippen LogP contribution in [0.5, 0.6) is 0 Å². The van der Waals surface area contributed by atoms with Crippen molar-refractivity contribution in [1.29, 1.82) is 0 Å². The molecule has 1 fully saturated rings. The fraction of sp³-hybridized carbons (Fsp3) is 0.854. The van der Waals surface area contributed by atoms with Crippen molar-refractivity contribution in [1.82, 2.24) is 5.32 Å². The number of nitrogens with one attached hydrogen (secondary N) is 1. The minimum absolute atomic E-state index is 0.304. The predicted molar refractivity (Wildman–Crippen MR) is 236 cm³/mol. The summed E-state index contributed by atoms with van der Waals surface area (Å²) in [7, 11) is 0. The Labute approximate surface area is 354 Å². The lowest BCUT2D eigenvalue weighted by molar-refractivity contribution is -0.302. The van der Waals surface area contributed by atoms with E-state index in [0.29, 0.717) is 19.3 Å². The van der Waals surface area contributed by atoms with E-state index >= 15 is 0 Å². The molecule has 0 aromatic rings. The molecule has 1 amide bonds. The maximum Gasteiger partial charge on any atom is 0.249 e. The number of ether oxygens (including phenoxy) is 2. The first-order valence-corrected chi connectivity index (χ1v) is 23.8. The van der Waals surface area contributed by atoms with Crippen molar-refractivity contribution in [2.24, 2.45) is 0 Å². The summed E-state index contributed by atoms with van der Waals surface area (Å²) in [5, 5.41) is 64.6. The Morgan fingerprint density at radius 2 is 1.02 bits per heavy atom. The summed E-state index contributed by atoms with van der Waals surface area (Å²) in [6.07, 6.45) is 36.6. The van der Waals surface area contributed by atoms with E-state index in [1.165, 1.54) is 122 Å². The molecule has 8 unspecified atom stereocenters. The first kappa shape index (κ1) is 54.4. The standard InChI is InChI=1S/C48H89NO9/c1-3-5-7-9-11-13-15-17-19-20-21-22-23-25-27-29-31-33-35-37-42(52)47(56)49-40(39-57-48-46(55)45(54)44(53)43(38-50)58-48)41(51)36-34-32-30-28-26-24-18-16-14-12-10-8-6-4-2/h14,16,26,28,34,36,40-46,48,50-55H,3-13,15,17-25,27,29-33,35,37-39H2,1-2H3,(H,49,56)/b16-14+,28-26+,36-34+. The van der Waals surface area contributed by atoms with Gasteiger partial charge in [0.25, 0.3) is 0 Å². The van der Waals surface area contributed by atoms with Crippen molar-refractivity contribution < 1.29 is 44.9 Å². The number of hydrogen-bond donors (Lipinski definition) is 7. The molecule has 1 saturated heterocycles. The van der Waals surface area contributed by atoms with Crippen LogP contribution in [0.25, 0.3) is 0 Å². The molecule has 58 heavy (non-hydrogen) atoms. The third-order valence-electron chi connectivity index (χ3n) is 11.3. The number of carbonyl (C=O) groups excluding carboxylic acids is 1. The maximum absolute atomic E-state index is 13.0. The van der Waals surface area contributed by atoms with E-state index in [1.54, 1.807) is 6.08 Å². The molecule has 7 N–H and O–H groups in total. The zero-order valence-corrected chi connectivity index (χ0v) is 36.9. The van der Waals surface area contributed by atoms with Crippen molar-refractivity contribution in [2.75, 3.05) is 13.2 Å². The van der Waals surface area contributed by atoms with Gasteiger partial charge in [0.1, 0.15) is 30.5 Å². The van der Waals surface area contributed by atoms with Gasteiger partial charge in [-0.25, -0.2) is 0 Å². The topological polar surface area (TPSA) is 169 Å². The van der Waals surface area contributed by atoms with E-state index in [0.717, 1.165) is 44.9 Å². The molecular formula is C48H89NO9. The van der Waals surface area contributed by atoms with Gasteiger partial charge in [-0.05, 0) is 44.9 Å². The van der Waals surface area contributed by atoms with Gasteiger partial charge < -0.3 is 45.4 Å². The summed E-state index contributed by atoms with van der Waals surface area (Å²) in [5.41, 5.74) is 0. The Kier molecular flexibility index (Phi) is 35.9. The van der Waals surface area contributed by atoms with Crippen molar-refractivity contribution >= 4 is 5.91 Å². The van der Waals surface area contributed by atoms with E-state index in [4.69, 9.17) is 9.47 Å². The van der Waals surface area contributed by atoms with Crippen LogP contribution in [0.3, 0.4) is 0 Å². The molecule has 8 atom stereocenters. The molecule has 0 aromatic carbocycles. The third-order valence-corrected chi connectivity index (χ3v) is 11.3. The van der Waals surface area contributed by atoms with Gasteiger partial charge in [0.05, 0.1) is 25.4 Å². The maximum atomic E-state index is 13.0. The van der Waals surface area contributed by atoms with Gasteiger partial charge in [0.2, 0.25) is 5.91 Å². The number of aliphatic hydroxyl groups is 6. The Hall–Kier alpha value is -1.63. The molecule has 1 aliphatic rings. The lowest BCUT2D eigenvalue weighted by Crippen LogP contribution is -2.60. The summed E-state index contributed by atoms with van der Waals surface area (Å²) in [5.74, 6) is -0.629. The number of aliphatic hydroxyl groups excluding tert-OH is 6. The van der Waals surface area contributed by atoms with Gasteiger partial charge in [0.15, 0.2) is 6.29 Å². The third kappa shape index (κ3) is 28.0. The monoisotopic (exact) mass is 824 g/mol. The zero-order chi connectivity index (χ0) is 42.5. The highest BCUT2D eigenvalue weighted by atomic mass is 16.7. The van der Waals surface area contributed by atoms with Crippen LogP contribution in [-0.4, -0.2) is 98.7 Å². The Morgan fingerprint density at radius 1 is 0.586 bits per heavy atom. The predicted octanol–water partition coefficient (Wildman–Crippen LogP) is 9.03. The number of rotatable bonds is 39.